The van der Waals surface area contributed by atoms with E-state index in [0.29, 0.717) is 11.7 Å². The largest absolute Gasteiger partial charge is 0.484 e. The molecule has 0 aliphatic carbocycles. The molecule has 1 saturated heterocycles. The molecule has 0 aromatic heterocycles. The van der Waals surface area contributed by atoms with Gasteiger partial charge in [0.15, 0.2) is 6.61 Å². The zero-order chi connectivity index (χ0) is 19.2. The van der Waals surface area contributed by atoms with Gasteiger partial charge < -0.3 is 20.1 Å². The molecule has 0 radical (unpaired) electrons. The molecule has 0 bridgehead atoms. The van der Waals surface area contributed by atoms with E-state index in [-0.39, 0.29) is 17.9 Å². The Morgan fingerprint density at radius 2 is 2.00 bits per heavy atom. The number of anilines is 2. The van der Waals surface area contributed by atoms with Crippen LogP contribution in [0.2, 0.25) is 0 Å². The average molecular weight is 368 g/mol. The number of amides is 1. The summed E-state index contributed by atoms with van der Waals surface area (Å²) in [6.07, 6.45) is 2.29. The Kier molecular flexibility index (Phi) is 5.96. The minimum absolute atomic E-state index is 0.0822. The second kappa shape index (κ2) is 8.58. The molecular weight excluding hydrogens is 344 g/mol. The lowest BCUT2D eigenvalue weighted by molar-refractivity contribution is -0.118. The topological polar surface area (TPSA) is 78.9 Å². The normalized spacial score (nSPS) is 16.6. The molecule has 2 N–H and O–H groups in total. The van der Waals surface area contributed by atoms with Crippen LogP contribution in [0.4, 0.5) is 11.4 Å². The van der Waals surface area contributed by atoms with Crippen molar-refractivity contribution in [2.75, 3.05) is 29.9 Å². The molecule has 1 fully saturated rings. The molecule has 142 valence electrons. The van der Waals surface area contributed by atoms with Crippen LogP contribution >= 0.6 is 0 Å². The average Bonchev–Trinajstić information content (AvgIpc) is 2.67. The lowest BCUT2D eigenvalue weighted by atomic mass is 9.99. The maximum atomic E-state index is 12.2. The maximum absolute atomic E-state index is 12.2. The lowest BCUT2D eigenvalue weighted by Crippen LogP contribution is -2.34. The van der Waals surface area contributed by atoms with Crippen LogP contribution in [0.3, 0.4) is 0 Å². The summed E-state index contributed by atoms with van der Waals surface area (Å²) >= 11 is 0. The van der Waals surface area contributed by atoms with E-state index in [1.807, 2.05) is 24.3 Å². The van der Waals surface area contributed by atoms with Crippen LogP contribution in [0.15, 0.2) is 48.5 Å². The Morgan fingerprint density at radius 3 is 2.70 bits per heavy atom. The van der Waals surface area contributed by atoms with Gasteiger partial charge in [0, 0.05) is 18.8 Å². The van der Waals surface area contributed by atoms with Gasteiger partial charge in [-0.1, -0.05) is 25.1 Å². The van der Waals surface area contributed by atoms with Gasteiger partial charge in [-0.15, -0.1) is 0 Å². The number of aromatic carboxylic acids is 1. The van der Waals surface area contributed by atoms with Gasteiger partial charge in [0.05, 0.1) is 11.3 Å². The number of nitrogens with zero attached hydrogens (tertiary/aromatic N) is 1. The molecule has 2 aromatic rings. The highest BCUT2D eigenvalue weighted by Gasteiger charge is 2.20. The van der Waals surface area contributed by atoms with E-state index in [1.54, 1.807) is 24.3 Å². The predicted octanol–water partition coefficient (Wildman–Crippen LogP) is 3.64. The predicted molar refractivity (Wildman–Crippen MR) is 105 cm³/mol. The molecule has 0 spiro atoms. The molecule has 1 aliphatic rings. The first-order valence-electron chi connectivity index (χ1n) is 9.13. The molecule has 1 atom stereocenters. The van der Waals surface area contributed by atoms with E-state index < -0.39 is 11.9 Å². The Hall–Kier alpha value is -3.02. The van der Waals surface area contributed by atoms with Crippen LogP contribution in [0.1, 0.15) is 30.1 Å². The minimum atomic E-state index is -1.07. The van der Waals surface area contributed by atoms with E-state index in [4.69, 9.17) is 4.74 Å². The van der Waals surface area contributed by atoms with Gasteiger partial charge in [-0.2, -0.15) is 0 Å². The van der Waals surface area contributed by atoms with Crippen molar-refractivity contribution in [3.05, 3.63) is 54.1 Å². The van der Waals surface area contributed by atoms with Crippen molar-refractivity contribution in [3.8, 4) is 5.75 Å². The number of carbonyl (C=O) groups excluding carboxylic acids is 1. The first-order chi connectivity index (χ1) is 13.0. The Morgan fingerprint density at radius 1 is 1.22 bits per heavy atom. The number of ether oxygens (including phenoxy) is 1. The fourth-order valence-corrected chi connectivity index (χ4v) is 3.29. The fraction of sp³-hybridized carbons (Fsp3) is 0.333. The van der Waals surface area contributed by atoms with Crippen LogP contribution in [-0.4, -0.2) is 36.7 Å². The zero-order valence-electron chi connectivity index (χ0n) is 15.4. The number of carboxylic acid groups (broad SMARTS) is 1. The van der Waals surface area contributed by atoms with Gasteiger partial charge in [0.25, 0.3) is 5.91 Å². The summed E-state index contributed by atoms with van der Waals surface area (Å²) in [4.78, 5) is 26.0. The zero-order valence-corrected chi connectivity index (χ0v) is 15.4. The third kappa shape index (κ3) is 5.00. The first kappa shape index (κ1) is 18.8. The number of piperidine rings is 1. The monoisotopic (exact) mass is 368 g/mol. The summed E-state index contributed by atoms with van der Waals surface area (Å²) in [5, 5.41) is 12.2. The van der Waals surface area contributed by atoms with Gasteiger partial charge in [-0.3, -0.25) is 4.79 Å². The summed E-state index contributed by atoms with van der Waals surface area (Å²) < 4.78 is 5.40. The van der Waals surface area contributed by atoms with Crippen molar-refractivity contribution >= 4 is 23.3 Å². The summed E-state index contributed by atoms with van der Waals surface area (Å²) in [5.41, 5.74) is 1.23. The summed E-state index contributed by atoms with van der Waals surface area (Å²) in [6.45, 7) is 3.84. The molecule has 1 unspecified atom stereocenters. The van der Waals surface area contributed by atoms with Crippen LogP contribution in [-0.2, 0) is 4.79 Å². The van der Waals surface area contributed by atoms with Crippen LogP contribution < -0.4 is 15.0 Å². The lowest BCUT2D eigenvalue weighted by Gasteiger charge is -2.33. The molecule has 1 heterocycles. The molecule has 2 aromatic carbocycles. The molecule has 6 nitrogen and oxygen atoms in total. The van der Waals surface area contributed by atoms with E-state index in [1.165, 1.54) is 6.42 Å². The Bertz CT molecular complexity index is 807. The molecule has 27 heavy (non-hydrogen) atoms. The van der Waals surface area contributed by atoms with Gasteiger partial charge >= 0.3 is 5.97 Å². The van der Waals surface area contributed by atoms with E-state index >= 15 is 0 Å². The molecule has 3 rings (SSSR count). The maximum Gasteiger partial charge on any atom is 0.337 e. The number of benzene rings is 2. The van der Waals surface area contributed by atoms with Gasteiger partial charge in [-0.05, 0) is 49.1 Å². The third-order valence-corrected chi connectivity index (χ3v) is 4.64. The quantitative estimate of drug-likeness (QED) is 0.814. The van der Waals surface area contributed by atoms with Gasteiger partial charge in [-0.25, -0.2) is 4.79 Å². The number of nitrogens with one attached hydrogen (secondary N) is 1. The highest BCUT2D eigenvalue weighted by atomic mass is 16.5. The molecular formula is C21H24N2O4. The summed E-state index contributed by atoms with van der Waals surface area (Å²) in [6, 6.07) is 14.1. The number of rotatable bonds is 6. The molecule has 1 amide bonds. The van der Waals surface area contributed by atoms with Crippen molar-refractivity contribution in [3.63, 3.8) is 0 Å². The highest BCUT2D eigenvalue weighted by Crippen LogP contribution is 2.27. The number of para-hydroxylation sites is 1. The van der Waals surface area contributed by atoms with E-state index in [2.05, 4.69) is 17.1 Å². The first-order valence-corrected chi connectivity index (χ1v) is 9.13. The number of carboxylic acids is 1. The second-order valence-corrected chi connectivity index (χ2v) is 6.88. The van der Waals surface area contributed by atoms with Crippen LogP contribution in [0, 0.1) is 5.92 Å². The number of hydrogen-bond acceptors (Lipinski definition) is 4. The highest BCUT2D eigenvalue weighted by molar-refractivity contribution is 6.01. The second-order valence-electron chi connectivity index (χ2n) is 6.88. The Balaban J connectivity index is 1.69. The van der Waals surface area contributed by atoms with Crippen molar-refractivity contribution in [1.29, 1.82) is 0 Å². The SMILES string of the molecule is CC1CCCN(c2ccc(NC(=O)COc3ccccc3)c(C(=O)O)c2)C1. The smallest absolute Gasteiger partial charge is 0.337 e. The van der Waals surface area contributed by atoms with Gasteiger partial charge in [0.2, 0.25) is 0 Å². The van der Waals surface area contributed by atoms with E-state index in [0.717, 1.165) is 25.2 Å². The van der Waals surface area contributed by atoms with Crippen LogP contribution in [0.25, 0.3) is 0 Å². The van der Waals surface area contributed by atoms with Crippen molar-refractivity contribution < 1.29 is 19.4 Å². The Labute approximate surface area is 158 Å². The van der Waals surface area contributed by atoms with Crippen molar-refractivity contribution in [1.82, 2.24) is 0 Å². The minimum Gasteiger partial charge on any atom is -0.484 e. The van der Waals surface area contributed by atoms with E-state index in [9.17, 15) is 14.7 Å². The van der Waals surface area contributed by atoms with Crippen LogP contribution in [0.5, 0.6) is 5.75 Å². The summed E-state index contributed by atoms with van der Waals surface area (Å²) in [7, 11) is 0. The van der Waals surface area contributed by atoms with Crippen molar-refractivity contribution in [2.24, 2.45) is 5.92 Å². The number of carbonyl (C=O) groups is 2. The number of hydrogen-bond donors (Lipinski definition) is 2. The third-order valence-electron chi connectivity index (χ3n) is 4.64. The molecule has 0 saturated carbocycles. The standard InChI is InChI=1S/C21H24N2O4/c1-15-6-5-11-23(13-15)16-9-10-19(18(12-16)21(25)26)22-20(24)14-27-17-7-3-2-4-8-17/h2-4,7-10,12,15H,5-6,11,13-14H2,1H3,(H,22,24)(H,25,26). The molecule has 6 heteroatoms. The van der Waals surface area contributed by atoms with Gasteiger partial charge in [0.1, 0.15) is 5.75 Å². The summed E-state index contributed by atoms with van der Waals surface area (Å²) in [5.74, 6) is -0.302. The molecule has 1 aliphatic heterocycles. The fourth-order valence-electron chi connectivity index (χ4n) is 3.29. The van der Waals surface area contributed by atoms with Crippen molar-refractivity contribution in [2.45, 2.75) is 19.8 Å².